The van der Waals surface area contributed by atoms with Gasteiger partial charge in [-0.15, -0.1) is 11.3 Å². The number of hydrogen-bond donors (Lipinski definition) is 2. The number of thiophene rings is 1. The van der Waals surface area contributed by atoms with Crippen molar-refractivity contribution in [3.8, 4) is 0 Å². The lowest BCUT2D eigenvalue weighted by molar-refractivity contribution is 0.0152. The number of hydrogen-bond acceptors (Lipinski definition) is 5. The van der Waals surface area contributed by atoms with Crippen LogP contribution in [0.1, 0.15) is 23.0 Å². The molecule has 0 amide bonds. The Morgan fingerprint density at radius 3 is 3.00 bits per heavy atom. The van der Waals surface area contributed by atoms with Crippen molar-refractivity contribution < 1.29 is 14.9 Å². The van der Waals surface area contributed by atoms with Gasteiger partial charge in [0.05, 0.1) is 12.7 Å². The van der Waals surface area contributed by atoms with Gasteiger partial charge in [-0.1, -0.05) is 5.11 Å². The molecule has 7 heteroatoms. The Hall–Kier alpha value is -1.11. The van der Waals surface area contributed by atoms with E-state index >= 15 is 0 Å². The lowest BCUT2D eigenvalue weighted by Crippen LogP contribution is -2.18. The normalized spacial score (nSPS) is 14.1. The summed E-state index contributed by atoms with van der Waals surface area (Å²) in [5.41, 5.74) is 8.76. The molecule has 6 nitrogen and oxygen atoms in total. The molecule has 2 unspecified atom stereocenters. The fraction of sp³-hybridized carbons (Fsp3) is 0.600. The fourth-order valence-corrected chi connectivity index (χ4v) is 2.27. The van der Waals surface area contributed by atoms with Crippen LogP contribution in [0.4, 0.5) is 0 Å². The molecule has 2 atom stereocenters. The minimum atomic E-state index is -0.953. The van der Waals surface area contributed by atoms with E-state index in [2.05, 4.69) is 10.0 Å². The van der Waals surface area contributed by atoms with Crippen LogP contribution in [0.2, 0.25) is 0 Å². The third kappa shape index (κ3) is 4.33. The Morgan fingerprint density at radius 2 is 2.35 bits per heavy atom. The molecule has 0 saturated carbocycles. The molecular formula is C10H15N3O3S. The number of rotatable bonds is 7. The molecule has 17 heavy (non-hydrogen) atoms. The summed E-state index contributed by atoms with van der Waals surface area (Å²) in [7, 11) is 1.60. The molecular weight excluding hydrogens is 242 g/mol. The van der Waals surface area contributed by atoms with E-state index in [1.54, 1.807) is 18.6 Å². The number of azide groups is 1. The summed E-state index contributed by atoms with van der Waals surface area (Å²) in [6.45, 7) is 0.663. The number of ether oxygens (including phenoxy) is 1. The van der Waals surface area contributed by atoms with Gasteiger partial charge < -0.3 is 14.9 Å². The van der Waals surface area contributed by atoms with Crippen molar-refractivity contribution in [2.24, 2.45) is 5.11 Å². The zero-order chi connectivity index (χ0) is 12.7. The van der Waals surface area contributed by atoms with E-state index in [-0.39, 0.29) is 13.0 Å². The van der Waals surface area contributed by atoms with Crippen LogP contribution in [0.25, 0.3) is 10.4 Å². The first kappa shape index (κ1) is 14.0. The summed E-state index contributed by atoms with van der Waals surface area (Å²) in [4.78, 5) is 3.58. The van der Waals surface area contributed by atoms with Crippen molar-refractivity contribution >= 4 is 11.3 Å². The van der Waals surface area contributed by atoms with Crippen molar-refractivity contribution in [1.29, 1.82) is 0 Å². The number of aliphatic hydroxyl groups excluding tert-OH is 2. The number of nitrogens with zero attached hydrogens (tertiary/aromatic N) is 3. The molecule has 0 aliphatic rings. The maximum absolute atomic E-state index is 9.85. The second kappa shape index (κ2) is 7.26. The highest BCUT2D eigenvalue weighted by molar-refractivity contribution is 7.10. The number of methoxy groups -OCH3 is 1. The minimum Gasteiger partial charge on any atom is -0.390 e. The van der Waals surface area contributed by atoms with E-state index < -0.39 is 12.2 Å². The molecule has 0 aliphatic heterocycles. The van der Waals surface area contributed by atoms with Gasteiger partial charge in [-0.05, 0) is 29.0 Å². The van der Waals surface area contributed by atoms with E-state index in [0.717, 1.165) is 4.88 Å². The van der Waals surface area contributed by atoms with Gasteiger partial charge in [0.15, 0.2) is 0 Å². The largest absolute Gasteiger partial charge is 0.390 e. The molecule has 0 fully saturated rings. The molecule has 2 N–H and O–H groups in total. The molecule has 0 radical (unpaired) electrons. The predicted molar refractivity (Wildman–Crippen MR) is 64.6 cm³/mol. The summed E-state index contributed by atoms with van der Waals surface area (Å²) in [6.07, 6.45) is -1.64. The molecule has 94 valence electrons. The zero-order valence-corrected chi connectivity index (χ0v) is 10.3. The van der Waals surface area contributed by atoms with Crippen LogP contribution in [0, 0.1) is 0 Å². The molecule has 1 aromatic heterocycles. The first-order valence-corrected chi connectivity index (χ1v) is 6.00. The highest BCUT2D eigenvalue weighted by atomic mass is 32.1. The first-order chi connectivity index (χ1) is 8.19. The van der Waals surface area contributed by atoms with Crippen LogP contribution in [0.3, 0.4) is 0 Å². The second-order valence-corrected chi connectivity index (χ2v) is 4.53. The van der Waals surface area contributed by atoms with E-state index in [9.17, 15) is 10.2 Å². The quantitative estimate of drug-likeness (QED) is 0.444. The molecule has 0 saturated heterocycles. The Kier molecular flexibility index (Phi) is 5.96. The summed E-state index contributed by atoms with van der Waals surface area (Å²) in [5, 5.41) is 24.6. The summed E-state index contributed by atoms with van der Waals surface area (Å²) in [6, 6.07) is 1.80. The van der Waals surface area contributed by atoms with Crippen molar-refractivity contribution in [1.82, 2.24) is 0 Å². The van der Waals surface area contributed by atoms with Gasteiger partial charge in [-0.3, -0.25) is 0 Å². The Labute approximate surface area is 103 Å². The molecule has 0 spiro atoms. The Bertz CT molecular complexity index is 390. The summed E-state index contributed by atoms with van der Waals surface area (Å²) in [5.74, 6) is 0. The third-order valence-electron chi connectivity index (χ3n) is 2.25. The Balaban J connectivity index is 2.54. The van der Waals surface area contributed by atoms with Gasteiger partial charge in [0.2, 0.25) is 0 Å². The third-order valence-corrected chi connectivity index (χ3v) is 3.18. The highest BCUT2D eigenvalue weighted by Gasteiger charge is 2.19. The summed E-state index contributed by atoms with van der Waals surface area (Å²) < 4.78 is 4.97. The average molecular weight is 257 g/mol. The van der Waals surface area contributed by atoms with Gasteiger partial charge >= 0.3 is 0 Å². The van der Waals surface area contributed by atoms with Crippen LogP contribution < -0.4 is 0 Å². The second-order valence-electron chi connectivity index (χ2n) is 3.53. The summed E-state index contributed by atoms with van der Waals surface area (Å²) >= 11 is 1.47. The van der Waals surface area contributed by atoms with Crippen molar-refractivity contribution in [2.75, 3.05) is 13.7 Å². The van der Waals surface area contributed by atoms with Crippen molar-refractivity contribution in [2.45, 2.75) is 25.2 Å². The van der Waals surface area contributed by atoms with Crippen LogP contribution in [0.5, 0.6) is 0 Å². The van der Waals surface area contributed by atoms with E-state index in [1.165, 1.54) is 11.3 Å². The molecule has 0 aromatic carbocycles. The van der Waals surface area contributed by atoms with Crippen LogP contribution in [0.15, 0.2) is 16.6 Å². The molecule has 1 rings (SSSR count). The van der Waals surface area contributed by atoms with Crippen molar-refractivity contribution in [3.63, 3.8) is 0 Å². The van der Waals surface area contributed by atoms with Gasteiger partial charge in [0.25, 0.3) is 0 Å². The lowest BCUT2D eigenvalue weighted by Gasteiger charge is -2.15. The average Bonchev–Trinajstić information content (AvgIpc) is 2.77. The Morgan fingerprint density at radius 1 is 1.59 bits per heavy atom. The fourth-order valence-electron chi connectivity index (χ4n) is 1.39. The smallest absolute Gasteiger partial charge is 0.106 e. The SMILES string of the molecule is COCc1cc(C(O)C(O)CCN=[N+]=[N-])cs1. The van der Waals surface area contributed by atoms with E-state index in [4.69, 9.17) is 10.3 Å². The minimum absolute atomic E-state index is 0.170. The molecule has 1 aromatic rings. The highest BCUT2D eigenvalue weighted by Crippen LogP contribution is 2.25. The van der Waals surface area contributed by atoms with Gasteiger partial charge in [0.1, 0.15) is 6.10 Å². The number of aliphatic hydroxyl groups is 2. The van der Waals surface area contributed by atoms with E-state index in [1.807, 2.05) is 0 Å². The monoisotopic (exact) mass is 257 g/mol. The van der Waals surface area contributed by atoms with Crippen LogP contribution in [-0.2, 0) is 11.3 Å². The predicted octanol–water partition coefficient (Wildman–Crippen LogP) is 1.99. The van der Waals surface area contributed by atoms with Gasteiger partial charge in [0, 0.05) is 23.4 Å². The van der Waals surface area contributed by atoms with Crippen LogP contribution >= 0.6 is 11.3 Å². The van der Waals surface area contributed by atoms with E-state index in [0.29, 0.717) is 12.2 Å². The van der Waals surface area contributed by atoms with Crippen molar-refractivity contribution in [3.05, 3.63) is 32.3 Å². The van der Waals surface area contributed by atoms with Crippen LogP contribution in [-0.4, -0.2) is 30.0 Å². The standard InChI is InChI=1S/C10H15N3O3S/c1-16-5-8-4-7(6-17-8)10(15)9(14)2-3-12-13-11/h4,6,9-10,14-15H,2-3,5H2,1H3. The van der Waals surface area contributed by atoms with Gasteiger partial charge in [-0.25, -0.2) is 0 Å². The maximum Gasteiger partial charge on any atom is 0.106 e. The zero-order valence-electron chi connectivity index (χ0n) is 9.48. The molecule has 0 aliphatic carbocycles. The lowest BCUT2D eigenvalue weighted by atomic mass is 10.1. The maximum atomic E-state index is 9.85. The topological polar surface area (TPSA) is 98.5 Å². The first-order valence-electron chi connectivity index (χ1n) is 5.12. The van der Waals surface area contributed by atoms with Gasteiger partial charge in [-0.2, -0.15) is 0 Å². The molecule has 0 bridgehead atoms. The molecule has 1 heterocycles.